The van der Waals surface area contributed by atoms with E-state index >= 15 is 0 Å². The van der Waals surface area contributed by atoms with Gasteiger partial charge in [0.1, 0.15) is 5.75 Å². The fourth-order valence-electron chi connectivity index (χ4n) is 1.64. The Morgan fingerprint density at radius 2 is 2.11 bits per heavy atom. The molecule has 0 bridgehead atoms. The van der Waals surface area contributed by atoms with Gasteiger partial charge in [0.15, 0.2) is 0 Å². The van der Waals surface area contributed by atoms with Crippen LogP contribution in [-0.2, 0) is 16.1 Å². The molecular formula is C14H19NO4. The second kappa shape index (κ2) is 6.78. The lowest BCUT2D eigenvalue weighted by molar-refractivity contribution is -0.145. The number of nitrogens with zero attached hydrogens (tertiary/aromatic N) is 1. The predicted octanol–water partition coefficient (Wildman–Crippen LogP) is 1.76. The lowest BCUT2D eigenvalue weighted by atomic mass is 10.1. The molecule has 0 aliphatic carbocycles. The fraction of sp³-hybridized carbons (Fsp3) is 0.429. The average molecular weight is 265 g/mol. The maximum atomic E-state index is 11.8. The Bertz CT molecular complexity index is 459. The number of ether oxygens (including phenoxy) is 1. The first-order valence-electron chi connectivity index (χ1n) is 6.03. The Labute approximate surface area is 112 Å². The van der Waals surface area contributed by atoms with Gasteiger partial charge in [0.05, 0.1) is 13.0 Å². The van der Waals surface area contributed by atoms with E-state index in [-0.39, 0.29) is 12.3 Å². The molecule has 1 atom stereocenters. The number of carbonyl (C=O) groups excluding carboxylic acids is 1. The summed E-state index contributed by atoms with van der Waals surface area (Å²) < 4.78 is 5.11. The number of carboxylic acids is 1. The fourth-order valence-corrected chi connectivity index (χ4v) is 1.64. The molecule has 5 nitrogen and oxygen atoms in total. The van der Waals surface area contributed by atoms with E-state index in [2.05, 4.69) is 0 Å². The van der Waals surface area contributed by atoms with Crippen molar-refractivity contribution in [3.05, 3.63) is 29.8 Å². The molecule has 0 aliphatic heterocycles. The summed E-state index contributed by atoms with van der Waals surface area (Å²) >= 11 is 0. The molecule has 0 radical (unpaired) electrons. The molecule has 19 heavy (non-hydrogen) atoms. The van der Waals surface area contributed by atoms with Crippen LogP contribution in [0.2, 0.25) is 0 Å². The third-order valence-electron chi connectivity index (χ3n) is 2.88. The van der Waals surface area contributed by atoms with Crippen molar-refractivity contribution >= 4 is 11.9 Å². The summed E-state index contributed by atoms with van der Waals surface area (Å²) in [6.45, 7) is 1.96. The van der Waals surface area contributed by atoms with Gasteiger partial charge in [-0.25, -0.2) is 0 Å². The molecule has 104 valence electrons. The zero-order valence-electron chi connectivity index (χ0n) is 11.4. The number of rotatable bonds is 6. The molecule has 5 heteroatoms. The molecule has 0 fully saturated rings. The predicted molar refractivity (Wildman–Crippen MR) is 70.9 cm³/mol. The van der Waals surface area contributed by atoms with Crippen molar-refractivity contribution < 1.29 is 19.4 Å². The van der Waals surface area contributed by atoms with Crippen molar-refractivity contribution in [2.45, 2.75) is 19.9 Å². The van der Waals surface area contributed by atoms with Crippen LogP contribution in [0.3, 0.4) is 0 Å². The van der Waals surface area contributed by atoms with Crippen molar-refractivity contribution in [1.29, 1.82) is 0 Å². The largest absolute Gasteiger partial charge is 0.497 e. The summed E-state index contributed by atoms with van der Waals surface area (Å²) in [6, 6.07) is 7.43. The normalized spacial score (nSPS) is 11.7. The highest BCUT2D eigenvalue weighted by atomic mass is 16.5. The van der Waals surface area contributed by atoms with Crippen molar-refractivity contribution in [3.63, 3.8) is 0 Å². The van der Waals surface area contributed by atoms with Crippen molar-refractivity contribution in [2.75, 3.05) is 14.2 Å². The number of hydrogen-bond donors (Lipinski definition) is 1. The topological polar surface area (TPSA) is 66.8 Å². The van der Waals surface area contributed by atoms with Crippen LogP contribution in [0.15, 0.2) is 24.3 Å². The Kier molecular flexibility index (Phi) is 5.36. The lowest BCUT2D eigenvalue weighted by Crippen LogP contribution is -2.29. The number of hydrogen-bond acceptors (Lipinski definition) is 3. The van der Waals surface area contributed by atoms with Gasteiger partial charge in [-0.1, -0.05) is 19.1 Å². The molecule has 0 aliphatic rings. The van der Waals surface area contributed by atoms with Gasteiger partial charge >= 0.3 is 5.97 Å². The molecule has 1 amide bonds. The zero-order valence-corrected chi connectivity index (χ0v) is 11.4. The van der Waals surface area contributed by atoms with E-state index in [0.717, 1.165) is 11.3 Å². The van der Waals surface area contributed by atoms with E-state index in [0.29, 0.717) is 6.54 Å². The van der Waals surface area contributed by atoms with Gasteiger partial charge in [-0.2, -0.15) is 0 Å². The van der Waals surface area contributed by atoms with Crippen molar-refractivity contribution in [1.82, 2.24) is 4.90 Å². The standard InChI is InChI=1S/C14H19NO4/c1-10(14(17)18)7-13(16)15(2)9-11-5-4-6-12(8-11)19-3/h4-6,8,10H,7,9H2,1-3H3,(H,17,18). The Morgan fingerprint density at radius 1 is 1.42 bits per heavy atom. The molecule has 1 aromatic carbocycles. The molecule has 1 aromatic rings. The van der Waals surface area contributed by atoms with Crippen LogP contribution in [0.4, 0.5) is 0 Å². The van der Waals surface area contributed by atoms with Gasteiger partial charge < -0.3 is 14.7 Å². The van der Waals surface area contributed by atoms with Gasteiger partial charge in [0.2, 0.25) is 5.91 Å². The molecule has 0 saturated heterocycles. The number of carboxylic acid groups (broad SMARTS) is 1. The van der Waals surface area contributed by atoms with E-state index in [1.54, 1.807) is 14.2 Å². The first-order valence-corrected chi connectivity index (χ1v) is 6.03. The molecule has 0 heterocycles. The first-order chi connectivity index (χ1) is 8.93. The van der Waals surface area contributed by atoms with Gasteiger partial charge in [-0.3, -0.25) is 9.59 Å². The number of methoxy groups -OCH3 is 1. The monoisotopic (exact) mass is 265 g/mol. The molecule has 1 N–H and O–H groups in total. The first kappa shape index (κ1) is 15.0. The number of carbonyl (C=O) groups is 2. The summed E-state index contributed by atoms with van der Waals surface area (Å²) in [6.07, 6.45) is 0.00972. The number of benzene rings is 1. The average Bonchev–Trinajstić information content (AvgIpc) is 2.38. The molecule has 0 spiro atoms. The van der Waals surface area contributed by atoms with Crippen LogP contribution < -0.4 is 4.74 Å². The van der Waals surface area contributed by atoms with E-state index in [4.69, 9.17) is 9.84 Å². The smallest absolute Gasteiger partial charge is 0.306 e. The summed E-state index contributed by atoms with van der Waals surface area (Å²) in [5, 5.41) is 8.78. The lowest BCUT2D eigenvalue weighted by Gasteiger charge is -2.18. The molecule has 1 rings (SSSR count). The summed E-state index contributed by atoms with van der Waals surface area (Å²) in [5.74, 6) is -1.07. The summed E-state index contributed by atoms with van der Waals surface area (Å²) in [7, 11) is 3.25. The molecule has 0 saturated carbocycles. The van der Waals surface area contributed by atoms with Crippen LogP contribution in [0.25, 0.3) is 0 Å². The Hall–Kier alpha value is -2.04. The second-order valence-electron chi connectivity index (χ2n) is 4.54. The third kappa shape index (κ3) is 4.62. The van der Waals surface area contributed by atoms with Crippen molar-refractivity contribution in [2.24, 2.45) is 5.92 Å². The maximum Gasteiger partial charge on any atom is 0.306 e. The van der Waals surface area contributed by atoms with E-state index < -0.39 is 11.9 Å². The van der Waals surface area contributed by atoms with Gasteiger partial charge in [-0.05, 0) is 17.7 Å². The van der Waals surface area contributed by atoms with Crippen molar-refractivity contribution in [3.8, 4) is 5.75 Å². The quantitative estimate of drug-likeness (QED) is 0.851. The molecule has 1 unspecified atom stereocenters. The number of amides is 1. The minimum Gasteiger partial charge on any atom is -0.497 e. The third-order valence-corrected chi connectivity index (χ3v) is 2.88. The van der Waals surface area contributed by atoms with Gasteiger partial charge in [0, 0.05) is 20.0 Å². The Balaban J connectivity index is 2.60. The minimum atomic E-state index is -0.955. The minimum absolute atomic E-state index is 0.00972. The SMILES string of the molecule is COc1cccc(CN(C)C(=O)CC(C)C(=O)O)c1. The van der Waals surface area contributed by atoms with E-state index in [1.807, 2.05) is 24.3 Å². The van der Waals surface area contributed by atoms with E-state index in [9.17, 15) is 9.59 Å². The second-order valence-corrected chi connectivity index (χ2v) is 4.54. The van der Waals surface area contributed by atoms with Gasteiger partial charge in [-0.15, -0.1) is 0 Å². The zero-order chi connectivity index (χ0) is 14.4. The summed E-state index contributed by atoms with van der Waals surface area (Å²) in [4.78, 5) is 24.1. The van der Waals surface area contributed by atoms with E-state index in [1.165, 1.54) is 11.8 Å². The van der Waals surface area contributed by atoms with Crippen LogP contribution >= 0.6 is 0 Å². The van der Waals surface area contributed by atoms with Crippen LogP contribution in [0.1, 0.15) is 18.9 Å². The number of aliphatic carboxylic acids is 1. The maximum absolute atomic E-state index is 11.8. The highest BCUT2D eigenvalue weighted by Crippen LogP contribution is 2.14. The van der Waals surface area contributed by atoms with Gasteiger partial charge in [0.25, 0.3) is 0 Å². The Morgan fingerprint density at radius 3 is 2.68 bits per heavy atom. The molecule has 0 aromatic heterocycles. The highest BCUT2D eigenvalue weighted by Gasteiger charge is 2.18. The summed E-state index contributed by atoms with van der Waals surface area (Å²) in [5.41, 5.74) is 0.943. The van der Waals surface area contributed by atoms with Crippen LogP contribution in [0, 0.1) is 5.92 Å². The molecular weight excluding hydrogens is 246 g/mol. The van der Waals surface area contributed by atoms with Crippen LogP contribution in [-0.4, -0.2) is 36.0 Å². The van der Waals surface area contributed by atoms with Crippen LogP contribution in [0.5, 0.6) is 5.75 Å². The highest BCUT2D eigenvalue weighted by molar-refractivity contribution is 5.81.